The number of carbonyl (C=O) groups is 1. The summed E-state index contributed by atoms with van der Waals surface area (Å²) in [5, 5.41) is 8.53. The maximum absolute atomic E-state index is 10.4. The molecular weight excluding hydrogens is 188 g/mol. The van der Waals surface area contributed by atoms with Gasteiger partial charge in [0.1, 0.15) is 6.61 Å². The van der Waals surface area contributed by atoms with Crippen LogP contribution in [-0.2, 0) is 4.74 Å². The van der Waals surface area contributed by atoms with Crippen LogP contribution in [0.2, 0.25) is 0 Å². The number of rotatable bonds is 5. The number of carboxylic acids is 1. The van der Waals surface area contributed by atoms with Crippen LogP contribution in [0.15, 0.2) is 12.4 Å². The molecule has 0 saturated heterocycles. The fourth-order valence-electron chi connectivity index (χ4n) is 0.731. The Bertz CT molecular complexity index is 299. The highest BCUT2D eigenvalue weighted by Gasteiger charge is 2.04. The molecule has 0 fully saturated rings. The summed E-state index contributed by atoms with van der Waals surface area (Å²) in [6, 6.07) is 0. The van der Waals surface area contributed by atoms with E-state index in [4.69, 9.17) is 14.6 Å². The third-order valence-electron chi connectivity index (χ3n) is 1.38. The van der Waals surface area contributed by atoms with E-state index in [0.717, 1.165) is 6.20 Å². The summed E-state index contributed by atoms with van der Waals surface area (Å²) in [4.78, 5) is 17.8. The maximum Gasteiger partial charge on any atom is 0.356 e. The molecule has 6 nitrogen and oxygen atoms in total. The molecule has 0 atom stereocenters. The van der Waals surface area contributed by atoms with Crippen molar-refractivity contribution in [1.82, 2.24) is 9.97 Å². The second-order valence-electron chi connectivity index (χ2n) is 2.39. The molecule has 1 rings (SSSR count). The summed E-state index contributed by atoms with van der Waals surface area (Å²) < 4.78 is 9.85. The van der Waals surface area contributed by atoms with Gasteiger partial charge >= 0.3 is 5.97 Å². The molecule has 76 valence electrons. The summed E-state index contributed by atoms with van der Waals surface area (Å²) in [5.74, 6) is -0.826. The first kappa shape index (κ1) is 10.4. The highest BCUT2D eigenvalue weighted by molar-refractivity contribution is 5.84. The van der Waals surface area contributed by atoms with Crippen LogP contribution in [0.4, 0.5) is 0 Å². The first-order chi connectivity index (χ1) is 6.74. The number of carboxylic acid groups (broad SMARTS) is 1. The first-order valence-electron chi connectivity index (χ1n) is 3.91. The van der Waals surface area contributed by atoms with E-state index in [9.17, 15) is 4.79 Å². The van der Waals surface area contributed by atoms with Crippen molar-refractivity contribution in [1.29, 1.82) is 0 Å². The van der Waals surface area contributed by atoms with Gasteiger partial charge in [0.2, 0.25) is 5.88 Å². The smallest absolute Gasteiger partial charge is 0.356 e. The fraction of sp³-hybridized carbons (Fsp3) is 0.375. The molecule has 0 amide bonds. The van der Waals surface area contributed by atoms with Crippen molar-refractivity contribution in [2.45, 2.75) is 0 Å². The van der Waals surface area contributed by atoms with Crippen LogP contribution in [-0.4, -0.2) is 41.4 Å². The van der Waals surface area contributed by atoms with Crippen LogP contribution in [0.25, 0.3) is 0 Å². The van der Waals surface area contributed by atoms with Crippen LogP contribution in [0.1, 0.15) is 10.5 Å². The van der Waals surface area contributed by atoms with E-state index in [0.29, 0.717) is 13.2 Å². The number of ether oxygens (including phenoxy) is 2. The number of hydrogen-bond acceptors (Lipinski definition) is 5. The SMILES string of the molecule is COCCOc1cnc(C(=O)O)cn1. The Hall–Kier alpha value is -1.69. The molecule has 6 heteroatoms. The van der Waals surface area contributed by atoms with Gasteiger partial charge in [-0.05, 0) is 0 Å². The lowest BCUT2D eigenvalue weighted by Gasteiger charge is -2.03. The zero-order chi connectivity index (χ0) is 10.4. The Morgan fingerprint density at radius 3 is 2.71 bits per heavy atom. The van der Waals surface area contributed by atoms with Gasteiger partial charge in [0, 0.05) is 7.11 Å². The highest BCUT2D eigenvalue weighted by Crippen LogP contribution is 2.03. The van der Waals surface area contributed by atoms with E-state index in [-0.39, 0.29) is 11.6 Å². The van der Waals surface area contributed by atoms with Crippen LogP contribution in [0.3, 0.4) is 0 Å². The summed E-state index contributed by atoms with van der Waals surface area (Å²) in [6.07, 6.45) is 2.41. The lowest BCUT2D eigenvalue weighted by molar-refractivity contribution is 0.0689. The van der Waals surface area contributed by atoms with Crippen molar-refractivity contribution in [3.8, 4) is 5.88 Å². The van der Waals surface area contributed by atoms with Gasteiger partial charge in [-0.2, -0.15) is 0 Å². The predicted octanol–water partition coefficient (Wildman–Crippen LogP) is 0.200. The number of aromatic carboxylic acids is 1. The van der Waals surface area contributed by atoms with Gasteiger partial charge in [-0.3, -0.25) is 0 Å². The Kier molecular flexibility index (Phi) is 3.81. The second-order valence-corrected chi connectivity index (χ2v) is 2.39. The topological polar surface area (TPSA) is 81.5 Å². The van der Waals surface area contributed by atoms with E-state index < -0.39 is 5.97 Å². The van der Waals surface area contributed by atoms with Crippen LogP contribution >= 0.6 is 0 Å². The molecule has 1 N–H and O–H groups in total. The van der Waals surface area contributed by atoms with Crippen molar-refractivity contribution >= 4 is 5.97 Å². The molecule has 1 aromatic rings. The zero-order valence-electron chi connectivity index (χ0n) is 7.64. The molecule has 0 bridgehead atoms. The molecule has 0 spiro atoms. The summed E-state index contributed by atoms with van der Waals surface area (Å²) >= 11 is 0. The lowest BCUT2D eigenvalue weighted by atomic mass is 10.5. The molecule has 0 unspecified atom stereocenters. The molecule has 0 aliphatic heterocycles. The normalized spacial score (nSPS) is 9.79. The Morgan fingerprint density at radius 2 is 2.21 bits per heavy atom. The van der Waals surface area contributed by atoms with Gasteiger partial charge < -0.3 is 14.6 Å². The summed E-state index contributed by atoms with van der Waals surface area (Å²) in [7, 11) is 1.56. The molecule has 0 aromatic carbocycles. The molecule has 0 saturated carbocycles. The van der Waals surface area contributed by atoms with E-state index in [2.05, 4.69) is 9.97 Å². The van der Waals surface area contributed by atoms with Crippen molar-refractivity contribution in [2.75, 3.05) is 20.3 Å². The summed E-state index contributed by atoms with van der Waals surface area (Å²) in [6.45, 7) is 0.806. The number of nitrogens with zero attached hydrogens (tertiary/aromatic N) is 2. The minimum Gasteiger partial charge on any atom is -0.476 e. The number of hydrogen-bond donors (Lipinski definition) is 1. The first-order valence-corrected chi connectivity index (χ1v) is 3.91. The summed E-state index contributed by atoms with van der Waals surface area (Å²) in [5.41, 5.74) is -0.107. The third kappa shape index (κ3) is 2.98. The van der Waals surface area contributed by atoms with Crippen LogP contribution < -0.4 is 4.74 Å². The standard InChI is InChI=1S/C8H10N2O4/c1-13-2-3-14-7-5-9-6(4-10-7)8(11)12/h4-5H,2-3H2,1H3,(H,11,12). The maximum atomic E-state index is 10.4. The van der Waals surface area contributed by atoms with E-state index >= 15 is 0 Å². The van der Waals surface area contributed by atoms with E-state index in [1.54, 1.807) is 7.11 Å². The van der Waals surface area contributed by atoms with Gasteiger partial charge in [0.05, 0.1) is 19.0 Å². The average molecular weight is 198 g/mol. The average Bonchev–Trinajstić information content (AvgIpc) is 2.19. The molecule has 0 aliphatic carbocycles. The van der Waals surface area contributed by atoms with Crippen LogP contribution in [0.5, 0.6) is 5.88 Å². The predicted molar refractivity (Wildman–Crippen MR) is 46.4 cm³/mol. The van der Waals surface area contributed by atoms with Crippen molar-refractivity contribution in [2.24, 2.45) is 0 Å². The fourth-order valence-corrected chi connectivity index (χ4v) is 0.731. The molecule has 14 heavy (non-hydrogen) atoms. The molecule has 1 aromatic heterocycles. The van der Waals surface area contributed by atoms with Crippen molar-refractivity contribution in [3.63, 3.8) is 0 Å². The molecule has 1 heterocycles. The Balaban J connectivity index is 2.51. The van der Waals surface area contributed by atoms with Gasteiger partial charge in [-0.15, -0.1) is 0 Å². The lowest BCUT2D eigenvalue weighted by Crippen LogP contribution is -2.07. The number of methoxy groups -OCH3 is 1. The van der Waals surface area contributed by atoms with E-state index in [1.165, 1.54) is 6.20 Å². The van der Waals surface area contributed by atoms with Gasteiger partial charge in [0.15, 0.2) is 5.69 Å². The monoisotopic (exact) mass is 198 g/mol. The number of aromatic nitrogens is 2. The Labute approximate surface area is 80.5 Å². The van der Waals surface area contributed by atoms with Gasteiger partial charge in [-0.1, -0.05) is 0 Å². The highest BCUT2D eigenvalue weighted by atomic mass is 16.5. The second kappa shape index (κ2) is 5.13. The van der Waals surface area contributed by atoms with Crippen molar-refractivity contribution in [3.05, 3.63) is 18.1 Å². The van der Waals surface area contributed by atoms with Gasteiger partial charge in [-0.25, -0.2) is 14.8 Å². The molecule has 0 radical (unpaired) electrons. The molecule has 0 aliphatic rings. The quantitative estimate of drug-likeness (QED) is 0.680. The zero-order valence-corrected chi connectivity index (χ0v) is 7.64. The van der Waals surface area contributed by atoms with E-state index in [1.807, 2.05) is 0 Å². The minimum atomic E-state index is -1.11. The Morgan fingerprint density at radius 1 is 1.43 bits per heavy atom. The molecular formula is C8H10N2O4. The third-order valence-corrected chi connectivity index (χ3v) is 1.38. The minimum absolute atomic E-state index is 0.107. The van der Waals surface area contributed by atoms with Crippen LogP contribution in [0, 0.1) is 0 Å². The largest absolute Gasteiger partial charge is 0.476 e. The van der Waals surface area contributed by atoms with Crippen molar-refractivity contribution < 1.29 is 19.4 Å². The van der Waals surface area contributed by atoms with Gasteiger partial charge in [0.25, 0.3) is 0 Å².